The predicted molar refractivity (Wildman–Crippen MR) is 113 cm³/mol. The van der Waals surface area contributed by atoms with Gasteiger partial charge in [0.2, 0.25) is 15.9 Å². The molecule has 4 aromatic rings. The summed E-state index contributed by atoms with van der Waals surface area (Å²) in [7, 11) is -3.64. The van der Waals surface area contributed by atoms with Gasteiger partial charge in [0.25, 0.3) is 0 Å². The van der Waals surface area contributed by atoms with E-state index in [1.165, 1.54) is 18.3 Å². The Morgan fingerprint density at radius 3 is 2.34 bits per heavy atom. The fourth-order valence-corrected chi connectivity index (χ4v) is 4.61. The summed E-state index contributed by atoms with van der Waals surface area (Å²) in [5, 5.41) is 4.64. The number of carbonyl (C=O) groups is 1. The van der Waals surface area contributed by atoms with Crippen LogP contribution in [0.5, 0.6) is 0 Å². The second-order valence-electron chi connectivity index (χ2n) is 6.43. The van der Waals surface area contributed by atoms with E-state index in [9.17, 15) is 13.2 Å². The van der Waals surface area contributed by atoms with E-state index in [2.05, 4.69) is 15.0 Å². The number of nitrogens with zero attached hydrogens (tertiary/aromatic N) is 2. The van der Waals surface area contributed by atoms with Crippen LogP contribution >= 0.6 is 11.3 Å². The monoisotopic (exact) mass is 426 g/mol. The number of sulfonamides is 1. The van der Waals surface area contributed by atoms with Crippen molar-refractivity contribution in [3.63, 3.8) is 0 Å². The summed E-state index contributed by atoms with van der Waals surface area (Å²) in [6, 6.07) is 14.0. The molecular formula is C20H18N4O3S2. The van der Waals surface area contributed by atoms with Gasteiger partial charge < -0.3 is 5.32 Å². The van der Waals surface area contributed by atoms with Gasteiger partial charge in [-0.25, -0.2) is 18.1 Å². The van der Waals surface area contributed by atoms with Crippen molar-refractivity contribution >= 4 is 37.9 Å². The quantitative estimate of drug-likeness (QED) is 0.494. The Balaban J connectivity index is 1.45. The second-order valence-corrected chi connectivity index (χ2v) is 9.07. The first kappa shape index (κ1) is 19.3. The van der Waals surface area contributed by atoms with Crippen LogP contribution in [-0.2, 0) is 21.4 Å². The number of rotatable bonds is 6. The largest absolute Gasteiger partial charge is 0.326 e. The third-order valence-electron chi connectivity index (χ3n) is 4.29. The zero-order valence-electron chi connectivity index (χ0n) is 15.5. The number of hydrogen-bond acceptors (Lipinski definition) is 5. The van der Waals surface area contributed by atoms with Gasteiger partial charge in [0.15, 0.2) is 4.96 Å². The topological polar surface area (TPSA) is 92.6 Å². The van der Waals surface area contributed by atoms with Crippen molar-refractivity contribution in [2.45, 2.75) is 18.4 Å². The summed E-state index contributed by atoms with van der Waals surface area (Å²) in [5.74, 6) is -0.129. The fraction of sp³-hybridized carbons (Fsp3) is 0.100. The van der Waals surface area contributed by atoms with Gasteiger partial charge in [-0.2, -0.15) is 0 Å². The Kier molecular flexibility index (Phi) is 5.18. The van der Waals surface area contributed by atoms with Crippen LogP contribution in [-0.4, -0.2) is 23.7 Å². The standard InChI is InChI=1S/C20H18N4O3S2/c1-14(25)22-17-6-2-15(3-7-17)16-4-8-19(9-5-16)29(26,27)21-12-18-13-24-10-11-28-20(24)23-18/h2-11,13,21H,12H2,1H3,(H,22,25). The molecule has 0 bridgehead atoms. The van der Waals surface area contributed by atoms with E-state index >= 15 is 0 Å². The SMILES string of the molecule is CC(=O)Nc1ccc(-c2ccc(S(=O)(=O)NCc3cn4ccsc4n3)cc2)cc1. The minimum Gasteiger partial charge on any atom is -0.326 e. The number of nitrogens with one attached hydrogen (secondary N) is 2. The van der Waals surface area contributed by atoms with Crippen LogP contribution in [0.15, 0.2) is 71.2 Å². The molecule has 0 aliphatic carbocycles. The Morgan fingerprint density at radius 2 is 1.72 bits per heavy atom. The van der Waals surface area contributed by atoms with Crippen LogP contribution in [0.3, 0.4) is 0 Å². The summed E-state index contributed by atoms with van der Waals surface area (Å²) >= 11 is 1.50. The zero-order chi connectivity index (χ0) is 20.4. The molecule has 2 aromatic heterocycles. The van der Waals surface area contributed by atoms with Crippen molar-refractivity contribution in [3.8, 4) is 11.1 Å². The number of thiazole rings is 1. The number of imidazole rings is 1. The van der Waals surface area contributed by atoms with Crippen LogP contribution in [0.1, 0.15) is 12.6 Å². The number of carbonyl (C=O) groups excluding carboxylic acids is 1. The minimum absolute atomic E-state index is 0.128. The first-order valence-corrected chi connectivity index (χ1v) is 11.2. The van der Waals surface area contributed by atoms with E-state index in [0.717, 1.165) is 16.1 Å². The molecular weight excluding hydrogens is 408 g/mol. The predicted octanol–water partition coefficient (Wildman–Crippen LogP) is 3.50. The highest BCUT2D eigenvalue weighted by Gasteiger charge is 2.15. The summed E-state index contributed by atoms with van der Waals surface area (Å²) in [4.78, 5) is 16.5. The lowest BCUT2D eigenvalue weighted by Gasteiger charge is -2.08. The lowest BCUT2D eigenvalue weighted by molar-refractivity contribution is -0.114. The molecule has 1 amide bonds. The molecule has 2 aromatic carbocycles. The molecule has 7 nitrogen and oxygen atoms in total. The molecule has 29 heavy (non-hydrogen) atoms. The van der Waals surface area contributed by atoms with Crippen molar-refractivity contribution < 1.29 is 13.2 Å². The van der Waals surface area contributed by atoms with E-state index in [-0.39, 0.29) is 17.3 Å². The Bertz CT molecular complexity index is 1230. The summed E-state index contributed by atoms with van der Waals surface area (Å²) in [6.07, 6.45) is 3.69. The Morgan fingerprint density at radius 1 is 1.07 bits per heavy atom. The highest BCUT2D eigenvalue weighted by atomic mass is 32.2. The number of benzene rings is 2. The molecule has 0 atom stereocenters. The molecule has 0 unspecified atom stereocenters. The number of aromatic nitrogens is 2. The van der Waals surface area contributed by atoms with Crippen LogP contribution in [0.2, 0.25) is 0 Å². The molecule has 0 saturated carbocycles. The number of amides is 1. The fourth-order valence-electron chi connectivity index (χ4n) is 2.89. The summed E-state index contributed by atoms with van der Waals surface area (Å²) < 4.78 is 29.6. The molecule has 148 valence electrons. The Hall–Kier alpha value is -3.01. The molecule has 0 radical (unpaired) electrons. The van der Waals surface area contributed by atoms with Gasteiger partial charge in [-0.1, -0.05) is 24.3 Å². The van der Waals surface area contributed by atoms with Crippen LogP contribution in [0, 0.1) is 0 Å². The van der Waals surface area contributed by atoms with Gasteiger partial charge in [0.1, 0.15) is 0 Å². The lowest BCUT2D eigenvalue weighted by Crippen LogP contribution is -2.23. The molecule has 4 rings (SSSR count). The van der Waals surface area contributed by atoms with Crippen molar-refractivity contribution in [1.29, 1.82) is 0 Å². The van der Waals surface area contributed by atoms with Gasteiger partial charge in [-0.05, 0) is 35.4 Å². The summed E-state index contributed by atoms with van der Waals surface area (Å²) in [5.41, 5.74) is 3.18. The first-order valence-electron chi connectivity index (χ1n) is 8.79. The van der Waals surface area contributed by atoms with Crippen molar-refractivity contribution in [2.75, 3.05) is 5.32 Å². The normalized spacial score (nSPS) is 11.6. The van der Waals surface area contributed by atoms with E-state index in [0.29, 0.717) is 11.4 Å². The first-order chi connectivity index (χ1) is 13.9. The van der Waals surface area contributed by atoms with Gasteiger partial charge in [-0.15, -0.1) is 11.3 Å². The van der Waals surface area contributed by atoms with E-state index in [1.54, 1.807) is 36.4 Å². The molecule has 0 fully saturated rings. The van der Waals surface area contributed by atoms with Gasteiger partial charge in [0, 0.05) is 30.4 Å². The summed E-state index contributed by atoms with van der Waals surface area (Å²) in [6.45, 7) is 1.58. The minimum atomic E-state index is -3.64. The maximum absolute atomic E-state index is 12.6. The van der Waals surface area contributed by atoms with Crippen LogP contribution < -0.4 is 10.0 Å². The molecule has 9 heteroatoms. The van der Waals surface area contributed by atoms with Gasteiger partial charge >= 0.3 is 0 Å². The smallest absolute Gasteiger partial charge is 0.240 e. The molecule has 0 aliphatic rings. The number of anilines is 1. The maximum Gasteiger partial charge on any atom is 0.240 e. The average Bonchev–Trinajstić information content (AvgIpc) is 3.29. The van der Waals surface area contributed by atoms with E-state index < -0.39 is 10.0 Å². The maximum atomic E-state index is 12.6. The van der Waals surface area contributed by atoms with Crippen molar-refractivity contribution in [2.24, 2.45) is 0 Å². The van der Waals surface area contributed by atoms with Crippen molar-refractivity contribution in [1.82, 2.24) is 14.1 Å². The number of hydrogen-bond donors (Lipinski definition) is 2. The average molecular weight is 427 g/mol. The van der Waals surface area contributed by atoms with E-state index in [1.807, 2.05) is 34.3 Å². The lowest BCUT2D eigenvalue weighted by atomic mass is 10.1. The molecule has 0 spiro atoms. The van der Waals surface area contributed by atoms with Crippen LogP contribution in [0.25, 0.3) is 16.1 Å². The van der Waals surface area contributed by atoms with Crippen LogP contribution in [0.4, 0.5) is 5.69 Å². The molecule has 2 N–H and O–H groups in total. The van der Waals surface area contributed by atoms with Gasteiger partial charge in [-0.3, -0.25) is 9.20 Å². The molecule has 0 aliphatic heterocycles. The molecule has 2 heterocycles. The van der Waals surface area contributed by atoms with Gasteiger partial charge in [0.05, 0.1) is 17.1 Å². The van der Waals surface area contributed by atoms with Crippen molar-refractivity contribution in [3.05, 3.63) is 72.0 Å². The zero-order valence-corrected chi connectivity index (χ0v) is 17.1. The van der Waals surface area contributed by atoms with E-state index in [4.69, 9.17) is 0 Å². The third kappa shape index (κ3) is 4.37. The second kappa shape index (κ2) is 7.78. The molecule has 0 saturated heterocycles. The number of fused-ring (bicyclic) bond motifs is 1. The third-order valence-corrected chi connectivity index (χ3v) is 6.48. The highest BCUT2D eigenvalue weighted by Crippen LogP contribution is 2.23. The Labute approximate surface area is 172 Å². The highest BCUT2D eigenvalue weighted by molar-refractivity contribution is 7.89.